The molecule has 0 atom stereocenters. The fourth-order valence-electron chi connectivity index (χ4n) is 4.40. The van der Waals surface area contributed by atoms with Crippen LogP contribution in [0.25, 0.3) is 5.70 Å². The molecule has 0 radical (unpaired) electrons. The summed E-state index contributed by atoms with van der Waals surface area (Å²) < 4.78 is 20.7. The Kier molecular flexibility index (Phi) is 6.54. The Morgan fingerprint density at radius 3 is 2.44 bits per heavy atom. The molecular formula is C27H29FN4O2. The van der Waals surface area contributed by atoms with Gasteiger partial charge in [0.25, 0.3) is 5.91 Å². The molecule has 2 aliphatic heterocycles. The molecule has 2 saturated heterocycles. The molecule has 4 rings (SSSR count). The number of rotatable bonds is 7. The molecule has 1 N–H and O–H groups in total. The van der Waals surface area contributed by atoms with E-state index >= 15 is 4.39 Å². The number of halogens is 1. The number of benzene rings is 2. The third kappa shape index (κ3) is 4.46. The van der Waals surface area contributed by atoms with Crippen LogP contribution in [0.4, 0.5) is 4.39 Å². The summed E-state index contributed by atoms with van der Waals surface area (Å²) in [6.07, 6.45) is 0. The van der Waals surface area contributed by atoms with Crippen molar-refractivity contribution in [1.29, 1.82) is 5.26 Å². The van der Waals surface area contributed by atoms with Crippen molar-refractivity contribution in [3.8, 4) is 6.07 Å². The zero-order valence-electron chi connectivity index (χ0n) is 19.8. The van der Waals surface area contributed by atoms with Gasteiger partial charge < -0.3 is 15.0 Å². The van der Waals surface area contributed by atoms with Crippen LogP contribution < -0.4 is 5.32 Å². The van der Waals surface area contributed by atoms with Crippen LogP contribution in [0, 0.1) is 31.1 Å². The smallest absolute Gasteiger partial charge is 0.254 e. The molecule has 7 heteroatoms. The number of likely N-dealkylation sites (tertiary alicyclic amines) is 1. The lowest BCUT2D eigenvalue weighted by Gasteiger charge is -2.45. The molecule has 0 aliphatic carbocycles. The molecule has 0 unspecified atom stereocenters. The van der Waals surface area contributed by atoms with Crippen LogP contribution in [-0.2, 0) is 10.4 Å². The van der Waals surface area contributed by atoms with Gasteiger partial charge >= 0.3 is 0 Å². The summed E-state index contributed by atoms with van der Waals surface area (Å²) >= 11 is 0. The number of amides is 1. The maximum absolute atomic E-state index is 15.4. The highest BCUT2D eigenvalue weighted by Crippen LogP contribution is 2.37. The van der Waals surface area contributed by atoms with E-state index in [9.17, 15) is 4.79 Å². The second-order valence-corrected chi connectivity index (χ2v) is 9.20. The summed E-state index contributed by atoms with van der Waals surface area (Å²) in [5.74, 6) is 0.247. The minimum absolute atomic E-state index is 0.0176. The number of nitriles is 1. The van der Waals surface area contributed by atoms with Gasteiger partial charge in [-0.25, -0.2) is 4.39 Å². The van der Waals surface area contributed by atoms with Crippen molar-refractivity contribution >= 4 is 18.3 Å². The molecule has 2 fully saturated rings. The van der Waals surface area contributed by atoms with Gasteiger partial charge in [-0.2, -0.15) is 5.26 Å². The van der Waals surface area contributed by atoms with E-state index in [2.05, 4.69) is 17.0 Å². The Hall–Kier alpha value is -3.50. The molecule has 6 nitrogen and oxygen atoms in total. The minimum atomic E-state index is -1.61. The van der Waals surface area contributed by atoms with Crippen molar-refractivity contribution < 1.29 is 13.9 Å². The highest BCUT2D eigenvalue weighted by atomic mass is 19.1. The lowest BCUT2D eigenvalue weighted by Crippen LogP contribution is -2.58. The number of allylic oxidation sites excluding steroid dienone is 1. The number of carbonyl (C=O) groups is 1. The van der Waals surface area contributed by atoms with Crippen molar-refractivity contribution in [2.24, 2.45) is 10.9 Å². The average Bonchev–Trinajstić information content (AvgIpc) is 2.78. The fourth-order valence-corrected chi connectivity index (χ4v) is 4.40. The highest BCUT2D eigenvalue weighted by molar-refractivity contribution is 5.97. The van der Waals surface area contributed by atoms with Crippen molar-refractivity contribution in [2.45, 2.75) is 26.4 Å². The zero-order chi connectivity index (χ0) is 24.5. The first-order chi connectivity index (χ1) is 16.3. The van der Waals surface area contributed by atoms with Crippen LogP contribution in [0.3, 0.4) is 0 Å². The van der Waals surface area contributed by atoms with Crippen LogP contribution >= 0.6 is 0 Å². The van der Waals surface area contributed by atoms with Gasteiger partial charge in [-0.05, 0) is 62.4 Å². The quantitative estimate of drug-likeness (QED) is 0.631. The molecule has 34 heavy (non-hydrogen) atoms. The van der Waals surface area contributed by atoms with E-state index in [1.54, 1.807) is 24.3 Å². The number of hydrogen-bond donors (Lipinski definition) is 1. The molecular weight excluding hydrogens is 431 g/mol. The first kappa shape index (κ1) is 23.7. The molecule has 0 bridgehead atoms. The predicted molar refractivity (Wildman–Crippen MR) is 130 cm³/mol. The third-order valence-corrected chi connectivity index (χ3v) is 6.65. The summed E-state index contributed by atoms with van der Waals surface area (Å²) in [6, 6.07) is 12.3. The monoisotopic (exact) mass is 460 g/mol. The van der Waals surface area contributed by atoms with Gasteiger partial charge in [-0.1, -0.05) is 18.2 Å². The number of nitrogens with zero attached hydrogens (tertiary/aromatic N) is 3. The van der Waals surface area contributed by atoms with E-state index in [0.29, 0.717) is 22.6 Å². The standard InChI is InChI=1S/C27H29FN4O2/c1-17-9-18(2)24(10-23(17)25(19(3)30-4)31-12-21-13-34-14-21)26(33)32-15-27(28,16-32)22-7-5-20(11-29)6-8-22/h5-10,21,31H,4,12-16H2,1-3H3/b25-19-. The minimum Gasteiger partial charge on any atom is -0.383 e. The predicted octanol–water partition coefficient (Wildman–Crippen LogP) is 4.12. The number of hydrogen-bond acceptors (Lipinski definition) is 5. The van der Waals surface area contributed by atoms with E-state index in [-0.39, 0.29) is 19.0 Å². The van der Waals surface area contributed by atoms with E-state index in [4.69, 9.17) is 10.00 Å². The van der Waals surface area contributed by atoms with Crippen molar-refractivity contribution in [1.82, 2.24) is 10.2 Å². The van der Waals surface area contributed by atoms with Gasteiger partial charge in [0.1, 0.15) is 0 Å². The van der Waals surface area contributed by atoms with Gasteiger partial charge in [0.05, 0.1) is 49.3 Å². The molecule has 2 aromatic rings. The lowest BCUT2D eigenvalue weighted by atomic mass is 9.86. The Morgan fingerprint density at radius 1 is 1.24 bits per heavy atom. The van der Waals surface area contributed by atoms with Crippen LogP contribution in [0.1, 0.15) is 45.1 Å². The largest absolute Gasteiger partial charge is 0.383 e. The summed E-state index contributed by atoms with van der Waals surface area (Å²) in [4.78, 5) is 19.0. The topological polar surface area (TPSA) is 77.7 Å². The molecule has 0 saturated carbocycles. The summed E-state index contributed by atoms with van der Waals surface area (Å²) in [6.45, 7) is 11.6. The lowest BCUT2D eigenvalue weighted by molar-refractivity contribution is -0.0290. The van der Waals surface area contributed by atoms with Gasteiger partial charge in [-0.15, -0.1) is 0 Å². The Labute approximate surface area is 199 Å². The normalized spacial score (nSPS) is 17.7. The number of nitrogens with one attached hydrogen (secondary N) is 1. The van der Waals surface area contributed by atoms with Crippen LogP contribution in [0.15, 0.2) is 47.1 Å². The number of carbonyl (C=O) groups excluding carboxylic acids is 1. The average molecular weight is 461 g/mol. The Morgan fingerprint density at radius 2 is 1.88 bits per heavy atom. The van der Waals surface area contributed by atoms with Gasteiger partial charge in [-0.3, -0.25) is 9.79 Å². The Bertz CT molecular complexity index is 1190. The third-order valence-electron chi connectivity index (χ3n) is 6.65. The van der Waals surface area contributed by atoms with Crippen molar-refractivity contribution in [3.05, 3.63) is 75.5 Å². The summed E-state index contributed by atoms with van der Waals surface area (Å²) in [7, 11) is 0. The molecule has 1 amide bonds. The second-order valence-electron chi connectivity index (χ2n) is 9.20. The van der Waals surface area contributed by atoms with Gasteiger partial charge in [0, 0.05) is 23.6 Å². The molecule has 176 valence electrons. The van der Waals surface area contributed by atoms with Crippen molar-refractivity contribution in [2.75, 3.05) is 32.8 Å². The first-order valence-corrected chi connectivity index (χ1v) is 11.4. The van der Waals surface area contributed by atoms with Crippen LogP contribution in [-0.4, -0.2) is 50.4 Å². The molecule has 2 heterocycles. The SMILES string of the molecule is C=N/C(C)=C(\NCC1COC1)c1cc(C(=O)N2CC(F)(c3ccc(C#N)cc3)C2)c(C)cc1C. The van der Waals surface area contributed by atoms with E-state index < -0.39 is 5.67 Å². The molecule has 0 spiro atoms. The maximum Gasteiger partial charge on any atom is 0.254 e. The zero-order valence-corrected chi connectivity index (χ0v) is 19.8. The molecule has 0 aromatic heterocycles. The van der Waals surface area contributed by atoms with Gasteiger partial charge in [0.2, 0.25) is 0 Å². The summed E-state index contributed by atoms with van der Waals surface area (Å²) in [5.41, 5.74) is 4.25. The second kappa shape index (κ2) is 9.40. The van der Waals surface area contributed by atoms with E-state index in [1.807, 2.05) is 39.0 Å². The number of aryl methyl sites for hydroxylation is 2. The highest BCUT2D eigenvalue weighted by Gasteiger charge is 2.47. The van der Waals surface area contributed by atoms with Gasteiger partial charge in [0.15, 0.2) is 5.67 Å². The molecule has 2 aromatic carbocycles. The number of alkyl halides is 1. The summed E-state index contributed by atoms with van der Waals surface area (Å²) in [5, 5.41) is 12.4. The van der Waals surface area contributed by atoms with E-state index in [0.717, 1.165) is 47.8 Å². The van der Waals surface area contributed by atoms with Crippen molar-refractivity contribution in [3.63, 3.8) is 0 Å². The first-order valence-electron chi connectivity index (χ1n) is 11.4. The number of aliphatic imine (C=N–C) groups is 1. The number of ether oxygens (including phenoxy) is 1. The molecule has 2 aliphatic rings. The van der Waals surface area contributed by atoms with E-state index in [1.165, 1.54) is 4.90 Å². The van der Waals surface area contributed by atoms with Crippen LogP contribution in [0.2, 0.25) is 0 Å². The maximum atomic E-state index is 15.4. The Balaban J connectivity index is 1.56. The fraction of sp³-hybridized carbons (Fsp3) is 0.370. The van der Waals surface area contributed by atoms with Crippen LogP contribution in [0.5, 0.6) is 0 Å².